The Balaban J connectivity index is 1.12. The zero-order valence-electron chi connectivity index (χ0n) is 21.1. The van der Waals surface area contributed by atoms with E-state index in [0.29, 0.717) is 35.5 Å². The van der Waals surface area contributed by atoms with E-state index in [2.05, 4.69) is 10.1 Å². The predicted molar refractivity (Wildman–Crippen MR) is 145 cm³/mol. The number of alkyl halides is 1. The smallest absolute Gasteiger partial charge is 0.336 e. The van der Waals surface area contributed by atoms with E-state index >= 15 is 4.39 Å². The SMILES string of the molecule is O=C(O)c1cccc2cc(N3CCC(F)(COCc4c(-c5c(F)cccc5Cl)noc4C4CC4)CC3)ccc12. The maximum Gasteiger partial charge on any atom is 0.336 e. The molecule has 2 fully saturated rings. The van der Waals surface area contributed by atoms with Gasteiger partial charge in [-0.3, -0.25) is 0 Å². The summed E-state index contributed by atoms with van der Waals surface area (Å²) < 4.78 is 41.9. The van der Waals surface area contributed by atoms with E-state index in [1.54, 1.807) is 18.2 Å². The third kappa shape index (κ3) is 5.11. The van der Waals surface area contributed by atoms with Crippen LogP contribution in [0.2, 0.25) is 5.02 Å². The standard InChI is InChI=1S/C30H27ClF2N2O4/c31-24-5-2-6-25(32)26(24)27-23(28(39-34-27)18-7-8-18)16-38-17-30(33)11-13-35(14-12-30)20-9-10-21-19(15-20)3-1-4-22(21)29(36)37/h1-6,9-10,15,18H,7-8,11-14,16-17H2,(H,36,37). The molecule has 9 heteroatoms. The Bertz CT molecular complexity index is 1520. The molecule has 2 aliphatic rings. The molecule has 1 saturated heterocycles. The molecule has 1 aliphatic heterocycles. The van der Waals surface area contributed by atoms with Gasteiger partial charge in [0.1, 0.15) is 22.9 Å². The van der Waals surface area contributed by atoms with E-state index < -0.39 is 17.5 Å². The number of ether oxygens (including phenoxy) is 1. The molecule has 0 bridgehead atoms. The number of carboxylic acid groups (broad SMARTS) is 1. The van der Waals surface area contributed by atoms with E-state index in [-0.39, 0.29) is 48.1 Å². The fourth-order valence-electron chi connectivity index (χ4n) is 5.35. The highest BCUT2D eigenvalue weighted by Crippen LogP contribution is 2.45. The molecule has 202 valence electrons. The van der Waals surface area contributed by atoms with E-state index in [1.165, 1.54) is 12.1 Å². The van der Waals surface area contributed by atoms with Crippen LogP contribution in [0, 0.1) is 5.82 Å². The number of anilines is 1. The molecule has 0 spiro atoms. The molecule has 3 aromatic carbocycles. The van der Waals surface area contributed by atoms with Crippen molar-refractivity contribution in [3.05, 3.63) is 82.3 Å². The number of halogens is 3. The van der Waals surface area contributed by atoms with Gasteiger partial charge in [-0.25, -0.2) is 13.6 Å². The van der Waals surface area contributed by atoms with Gasteiger partial charge in [0.15, 0.2) is 0 Å². The summed E-state index contributed by atoms with van der Waals surface area (Å²) in [6.45, 7) is 0.961. The third-order valence-electron chi connectivity index (χ3n) is 7.69. The Morgan fingerprint density at radius 3 is 2.64 bits per heavy atom. The molecule has 1 saturated carbocycles. The lowest BCUT2D eigenvalue weighted by Crippen LogP contribution is -2.44. The number of aromatic carboxylic acids is 1. The summed E-state index contributed by atoms with van der Waals surface area (Å²) in [5.74, 6) is -0.587. The van der Waals surface area contributed by atoms with E-state index in [1.807, 2.05) is 24.3 Å². The van der Waals surface area contributed by atoms with Gasteiger partial charge in [-0.1, -0.05) is 41.0 Å². The van der Waals surface area contributed by atoms with Crippen molar-refractivity contribution in [2.24, 2.45) is 0 Å². The first-order valence-corrected chi connectivity index (χ1v) is 13.4. The Morgan fingerprint density at radius 2 is 1.92 bits per heavy atom. The van der Waals surface area contributed by atoms with Crippen LogP contribution in [0.1, 0.15) is 53.3 Å². The van der Waals surface area contributed by atoms with Crippen molar-refractivity contribution in [2.45, 2.75) is 43.9 Å². The molecule has 2 heterocycles. The Kier molecular flexibility index (Phi) is 6.77. The van der Waals surface area contributed by atoms with Crippen molar-refractivity contribution in [1.82, 2.24) is 5.16 Å². The number of hydrogen-bond donors (Lipinski definition) is 1. The van der Waals surface area contributed by atoms with Crippen molar-refractivity contribution >= 4 is 34.0 Å². The third-order valence-corrected chi connectivity index (χ3v) is 8.01. The number of rotatable bonds is 8. The molecular weight excluding hydrogens is 526 g/mol. The van der Waals surface area contributed by atoms with E-state index in [0.717, 1.165) is 23.9 Å². The van der Waals surface area contributed by atoms with Crippen molar-refractivity contribution in [3.63, 3.8) is 0 Å². The van der Waals surface area contributed by atoms with Gasteiger partial charge in [0, 0.05) is 43.1 Å². The number of fused-ring (bicyclic) bond motifs is 1. The zero-order valence-corrected chi connectivity index (χ0v) is 21.9. The highest BCUT2D eigenvalue weighted by atomic mass is 35.5. The van der Waals surface area contributed by atoms with Crippen LogP contribution in [-0.2, 0) is 11.3 Å². The van der Waals surface area contributed by atoms with Crippen LogP contribution in [0.15, 0.2) is 59.1 Å². The molecule has 1 aromatic heterocycles. The first-order valence-electron chi connectivity index (χ1n) is 13.0. The number of carboxylic acids is 1. The lowest BCUT2D eigenvalue weighted by atomic mass is 9.93. The second-order valence-electron chi connectivity index (χ2n) is 10.4. The highest BCUT2D eigenvalue weighted by molar-refractivity contribution is 6.33. The summed E-state index contributed by atoms with van der Waals surface area (Å²) in [5.41, 5.74) is 0.792. The number of carbonyl (C=O) groups is 1. The predicted octanol–water partition coefficient (Wildman–Crippen LogP) is 7.39. The second-order valence-corrected chi connectivity index (χ2v) is 10.8. The first-order chi connectivity index (χ1) is 18.8. The van der Waals surface area contributed by atoms with Gasteiger partial charge in [0.05, 0.1) is 29.4 Å². The molecule has 0 amide bonds. The quantitative estimate of drug-likeness (QED) is 0.246. The Hall–Kier alpha value is -3.49. The minimum atomic E-state index is -1.50. The normalized spacial score (nSPS) is 17.1. The molecule has 1 aliphatic carbocycles. The average Bonchev–Trinajstić information content (AvgIpc) is 3.69. The molecule has 0 atom stereocenters. The molecule has 39 heavy (non-hydrogen) atoms. The van der Waals surface area contributed by atoms with Crippen LogP contribution >= 0.6 is 11.6 Å². The number of hydrogen-bond acceptors (Lipinski definition) is 5. The summed E-state index contributed by atoms with van der Waals surface area (Å²) >= 11 is 6.28. The van der Waals surface area contributed by atoms with Crippen LogP contribution in [-0.4, -0.2) is 41.6 Å². The van der Waals surface area contributed by atoms with Crippen LogP contribution < -0.4 is 4.90 Å². The molecule has 0 radical (unpaired) electrons. The van der Waals surface area contributed by atoms with Crippen LogP contribution in [0.25, 0.3) is 22.0 Å². The molecule has 1 N–H and O–H groups in total. The van der Waals surface area contributed by atoms with Crippen LogP contribution in [0.5, 0.6) is 0 Å². The zero-order chi connectivity index (χ0) is 27.1. The maximum absolute atomic E-state index is 15.8. The summed E-state index contributed by atoms with van der Waals surface area (Å²) in [4.78, 5) is 13.6. The molecule has 6 rings (SSSR count). The summed E-state index contributed by atoms with van der Waals surface area (Å²) in [7, 11) is 0. The fraction of sp³-hybridized carbons (Fsp3) is 0.333. The molecular formula is C30H27ClF2N2O4. The van der Waals surface area contributed by atoms with E-state index in [4.69, 9.17) is 20.9 Å². The molecule has 0 unspecified atom stereocenters. The van der Waals surface area contributed by atoms with Gasteiger partial charge in [0.25, 0.3) is 0 Å². The van der Waals surface area contributed by atoms with Gasteiger partial charge in [-0.05, 0) is 53.9 Å². The van der Waals surface area contributed by atoms with Crippen molar-refractivity contribution in [2.75, 3.05) is 24.6 Å². The monoisotopic (exact) mass is 552 g/mol. The topological polar surface area (TPSA) is 75.8 Å². The van der Waals surface area contributed by atoms with Gasteiger partial charge >= 0.3 is 5.97 Å². The summed E-state index contributed by atoms with van der Waals surface area (Å²) in [5, 5.41) is 15.3. The minimum Gasteiger partial charge on any atom is -0.478 e. The fourth-order valence-corrected chi connectivity index (χ4v) is 5.60. The number of piperidine rings is 1. The average molecular weight is 553 g/mol. The lowest BCUT2D eigenvalue weighted by Gasteiger charge is -2.37. The summed E-state index contributed by atoms with van der Waals surface area (Å²) in [6.07, 6.45) is 2.49. The number of aromatic nitrogens is 1. The number of benzene rings is 3. The van der Waals surface area contributed by atoms with Crippen molar-refractivity contribution < 1.29 is 27.9 Å². The van der Waals surface area contributed by atoms with Gasteiger partial charge < -0.3 is 19.3 Å². The van der Waals surface area contributed by atoms with Crippen LogP contribution in [0.3, 0.4) is 0 Å². The van der Waals surface area contributed by atoms with Gasteiger partial charge in [-0.2, -0.15) is 0 Å². The Labute approximate surface area is 229 Å². The number of nitrogens with zero attached hydrogens (tertiary/aromatic N) is 2. The van der Waals surface area contributed by atoms with Gasteiger partial charge in [-0.15, -0.1) is 0 Å². The van der Waals surface area contributed by atoms with Crippen LogP contribution in [0.4, 0.5) is 14.5 Å². The minimum absolute atomic E-state index is 0.0568. The van der Waals surface area contributed by atoms with Crippen molar-refractivity contribution in [3.8, 4) is 11.3 Å². The second kappa shape index (κ2) is 10.2. The van der Waals surface area contributed by atoms with E-state index in [9.17, 15) is 14.3 Å². The maximum atomic E-state index is 15.8. The summed E-state index contributed by atoms with van der Waals surface area (Å²) in [6, 6.07) is 15.3. The lowest BCUT2D eigenvalue weighted by molar-refractivity contribution is -0.00757. The Morgan fingerprint density at radius 1 is 1.15 bits per heavy atom. The molecule has 4 aromatic rings. The highest BCUT2D eigenvalue weighted by Gasteiger charge is 2.37. The first kappa shape index (κ1) is 25.8. The van der Waals surface area contributed by atoms with Gasteiger partial charge in [0.2, 0.25) is 0 Å². The molecule has 6 nitrogen and oxygen atoms in total. The largest absolute Gasteiger partial charge is 0.478 e. The van der Waals surface area contributed by atoms with Crippen molar-refractivity contribution in [1.29, 1.82) is 0 Å².